The number of benzene rings is 2. The van der Waals surface area contributed by atoms with Crippen LogP contribution >= 0.6 is 23.2 Å². The van der Waals surface area contributed by atoms with Gasteiger partial charge in [-0.1, -0.05) is 42.3 Å². The summed E-state index contributed by atoms with van der Waals surface area (Å²) in [4.78, 5) is 12.8. The van der Waals surface area contributed by atoms with Gasteiger partial charge in [0, 0.05) is 15.7 Å². The van der Waals surface area contributed by atoms with Gasteiger partial charge >= 0.3 is 0 Å². The smallest absolute Gasteiger partial charge is 0.248 e. The Morgan fingerprint density at radius 2 is 1.77 bits per heavy atom. The van der Waals surface area contributed by atoms with Crippen LogP contribution in [-0.4, -0.2) is 26.6 Å². The van der Waals surface area contributed by atoms with Crippen LogP contribution in [0.4, 0.5) is 11.4 Å². The van der Waals surface area contributed by atoms with Gasteiger partial charge in [0.1, 0.15) is 6.04 Å². The number of amides is 1. The molecule has 1 atom stereocenters. The Balaban J connectivity index is 2.39. The number of rotatable bonds is 6. The minimum absolute atomic E-state index is 0.293. The van der Waals surface area contributed by atoms with E-state index < -0.39 is 22.0 Å². The number of carbonyl (C=O) groups excluding carboxylic acids is 1. The maximum absolute atomic E-state index is 12.8. The summed E-state index contributed by atoms with van der Waals surface area (Å²) in [6.07, 6.45) is 1.38. The van der Waals surface area contributed by atoms with E-state index in [1.807, 2.05) is 13.0 Å². The molecule has 0 saturated carbocycles. The highest BCUT2D eigenvalue weighted by Gasteiger charge is 2.31. The van der Waals surface area contributed by atoms with E-state index in [1.165, 1.54) is 0 Å². The molecule has 26 heavy (non-hydrogen) atoms. The average Bonchev–Trinajstić information content (AvgIpc) is 2.49. The molecule has 0 heterocycles. The molecule has 5 nitrogen and oxygen atoms in total. The van der Waals surface area contributed by atoms with Crippen LogP contribution in [0, 0.1) is 6.92 Å². The fourth-order valence-electron chi connectivity index (χ4n) is 2.68. The molecule has 0 radical (unpaired) electrons. The van der Waals surface area contributed by atoms with Gasteiger partial charge in [0.05, 0.1) is 11.9 Å². The van der Waals surface area contributed by atoms with E-state index in [4.69, 9.17) is 23.2 Å². The van der Waals surface area contributed by atoms with E-state index in [0.717, 1.165) is 16.1 Å². The Morgan fingerprint density at radius 3 is 2.27 bits per heavy atom. The van der Waals surface area contributed by atoms with E-state index in [-0.39, 0.29) is 0 Å². The molecule has 0 bridgehead atoms. The van der Waals surface area contributed by atoms with Gasteiger partial charge in [0.2, 0.25) is 15.9 Å². The summed E-state index contributed by atoms with van der Waals surface area (Å²) in [7, 11) is -3.68. The van der Waals surface area contributed by atoms with Crippen molar-refractivity contribution in [3.63, 3.8) is 0 Å². The second kappa shape index (κ2) is 8.29. The monoisotopic (exact) mass is 414 g/mol. The Kier molecular flexibility index (Phi) is 6.55. The molecule has 0 aromatic heterocycles. The summed E-state index contributed by atoms with van der Waals surface area (Å²) in [6, 6.07) is 10.7. The topological polar surface area (TPSA) is 66.5 Å². The van der Waals surface area contributed by atoms with Crippen LogP contribution in [0.3, 0.4) is 0 Å². The van der Waals surface area contributed by atoms with Crippen LogP contribution < -0.4 is 9.62 Å². The Labute approximate surface area is 164 Å². The zero-order valence-electron chi connectivity index (χ0n) is 14.7. The Morgan fingerprint density at radius 1 is 1.15 bits per heavy atom. The van der Waals surface area contributed by atoms with Crippen molar-refractivity contribution in [2.45, 2.75) is 26.3 Å². The third kappa shape index (κ3) is 5.13. The van der Waals surface area contributed by atoms with Crippen molar-refractivity contribution in [2.24, 2.45) is 0 Å². The number of sulfonamides is 1. The van der Waals surface area contributed by atoms with Crippen molar-refractivity contribution >= 4 is 50.5 Å². The third-order valence-electron chi connectivity index (χ3n) is 3.72. The molecule has 2 aromatic rings. The molecule has 140 valence electrons. The van der Waals surface area contributed by atoms with Gasteiger partial charge in [-0.2, -0.15) is 0 Å². The van der Waals surface area contributed by atoms with Crippen LogP contribution in [0.1, 0.15) is 18.9 Å². The molecule has 1 amide bonds. The lowest BCUT2D eigenvalue weighted by atomic mass is 10.1. The SMILES string of the molecule is CCC(C(=O)Nc1cc(Cl)cc(Cl)c1)N(c1cccc(C)c1)S(C)(=O)=O. The van der Waals surface area contributed by atoms with Crippen LogP contribution in [-0.2, 0) is 14.8 Å². The zero-order valence-corrected chi connectivity index (χ0v) is 17.0. The number of carbonyl (C=O) groups is 1. The zero-order chi connectivity index (χ0) is 19.5. The molecule has 0 aliphatic carbocycles. The maximum Gasteiger partial charge on any atom is 0.248 e. The van der Waals surface area contributed by atoms with Crippen molar-refractivity contribution in [1.29, 1.82) is 0 Å². The first kappa shape index (κ1) is 20.6. The number of nitrogens with zero attached hydrogens (tertiary/aromatic N) is 1. The molecule has 1 N–H and O–H groups in total. The highest BCUT2D eigenvalue weighted by atomic mass is 35.5. The maximum atomic E-state index is 12.8. The quantitative estimate of drug-likeness (QED) is 0.756. The summed E-state index contributed by atoms with van der Waals surface area (Å²) in [5.41, 5.74) is 1.75. The van der Waals surface area contributed by atoms with Crippen molar-refractivity contribution in [3.8, 4) is 0 Å². The lowest BCUT2D eigenvalue weighted by molar-refractivity contribution is -0.117. The van der Waals surface area contributed by atoms with Gasteiger partial charge in [-0.15, -0.1) is 0 Å². The molecule has 0 saturated heterocycles. The lowest BCUT2D eigenvalue weighted by Gasteiger charge is -2.30. The predicted octanol–water partition coefficient (Wildman–Crippen LogP) is 4.49. The van der Waals surface area contributed by atoms with Gasteiger partial charge in [-0.05, 0) is 49.2 Å². The lowest BCUT2D eigenvalue weighted by Crippen LogP contribution is -2.47. The van der Waals surface area contributed by atoms with Gasteiger partial charge in [0.15, 0.2) is 0 Å². The average molecular weight is 415 g/mol. The molecule has 1 unspecified atom stereocenters. The Bertz CT molecular complexity index is 896. The second-order valence-corrected chi connectivity index (χ2v) is 8.70. The van der Waals surface area contributed by atoms with Crippen molar-refractivity contribution in [1.82, 2.24) is 0 Å². The molecule has 0 spiro atoms. The molecular formula is C18H20Cl2N2O3S. The van der Waals surface area contributed by atoms with E-state index in [9.17, 15) is 13.2 Å². The first-order valence-electron chi connectivity index (χ1n) is 7.95. The van der Waals surface area contributed by atoms with Gasteiger partial charge in [-0.25, -0.2) is 8.42 Å². The molecule has 0 aliphatic rings. The van der Waals surface area contributed by atoms with Gasteiger partial charge in [-0.3, -0.25) is 9.10 Å². The van der Waals surface area contributed by atoms with E-state index >= 15 is 0 Å². The number of nitrogens with one attached hydrogen (secondary N) is 1. The van der Waals surface area contributed by atoms with E-state index in [1.54, 1.807) is 43.3 Å². The first-order chi connectivity index (χ1) is 12.1. The number of hydrogen-bond acceptors (Lipinski definition) is 3. The summed E-state index contributed by atoms with van der Waals surface area (Å²) < 4.78 is 26.0. The van der Waals surface area contributed by atoms with Crippen LogP contribution in [0.15, 0.2) is 42.5 Å². The van der Waals surface area contributed by atoms with E-state index in [2.05, 4.69) is 5.32 Å². The summed E-state index contributed by atoms with van der Waals surface area (Å²) in [5.74, 6) is -0.460. The van der Waals surface area contributed by atoms with Crippen molar-refractivity contribution in [2.75, 3.05) is 15.9 Å². The highest BCUT2D eigenvalue weighted by Crippen LogP contribution is 2.26. The van der Waals surface area contributed by atoms with Crippen molar-refractivity contribution in [3.05, 3.63) is 58.1 Å². The van der Waals surface area contributed by atoms with Crippen LogP contribution in [0.25, 0.3) is 0 Å². The molecule has 2 aromatic carbocycles. The van der Waals surface area contributed by atoms with Crippen LogP contribution in [0.2, 0.25) is 10.0 Å². The molecule has 2 rings (SSSR count). The normalized spacial score (nSPS) is 12.5. The minimum Gasteiger partial charge on any atom is -0.324 e. The number of halogens is 2. The fraction of sp³-hybridized carbons (Fsp3) is 0.278. The van der Waals surface area contributed by atoms with Crippen molar-refractivity contribution < 1.29 is 13.2 Å². The standard InChI is InChI=1S/C18H20Cl2N2O3S/c1-4-17(18(23)21-15-10-13(19)9-14(20)11-15)22(26(3,24)25)16-7-5-6-12(2)8-16/h5-11,17H,4H2,1-3H3,(H,21,23). The minimum atomic E-state index is -3.68. The highest BCUT2D eigenvalue weighted by molar-refractivity contribution is 7.92. The summed E-state index contributed by atoms with van der Waals surface area (Å²) in [6.45, 7) is 3.61. The molecule has 8 heteroatoms. The third-order valence-corrected chi connectivity index (χ3v) is 5.33. The molecule has 0 fully saturated rings. The van der Waals surface area contributed by atoms with Gasteiger partial charge < -0.3 is 5.32 Å². The predicted molar refractivity (Wildman–Crippen MR) is 108 cm³/mol. The fourth-order valence-corrected chi connectivity index (χ4v) is 4.41. The summed E-state index contributed by atoms with van der Waals surface area (Å²) in [5, 5.41) is 3.45. The first-order valence-corrected chi connectivity index (χ1v) is 10.5. The number of anilines is 2. The van der Waals surface area contributed by atoms with Crippen LogP contribution in [0.5, 0.6) is 0 Å². The van der Waals surface area contributed by atoms with Gasteiger partial charge in [0.25, 0.3) is 0 Å². The second-order valence-electron chi connectivity index (χ2n) is 5.97. The largest absolute Gasteiger partial charge is 0.324 e. The Hall–Kier alpha value is -1.76. The number of aryl methyl sites for hydroxylation is 1. The van der Waals surface area contributed by atoms with E-state index in [0.29, 0.717) is 27.8 Å². The summed E-state index contributed by atoms with van der Waals surface area (Å²) >= 11 is 11.9. The molecule has 0 aliphatic heterocycles. The molecular weight excluding hydrogens is 395 g/mol. The number of hydrogen-bond donors (Lipinski definition) is 1.